The maximum absolute atomic E-state index is 12.1. The van der Waals surface area contributed by atoms with Crippen LogP contribution in [-0.4, -0.2) is 48.8 Å². The lowest BCUT2D eigenvalue weighted by Gasteiger charge is -2.35. The lowest BCUT2D eigenvalue weighted by Crippen LogP contribution is -2.44. The number of hydrogen-bond acceptors (Lipinski definition) is 4. The minimum atomic E-state index is -0.00758. The quantitative estimate of drug-likeness (QED) is 0.833. The number of carbonyl (C=O) groups is 1. The SMILES string of the molecule is CC(C)OCCC(=O)Nc1ccccc1CN1CC(C)OC(C)C1. The van der Waals surface area contributed by atoms with E-state index in [1.54, 1.807) is 0 Å². The predicted molar refractivity (Wildman–Crippen MR) is 96.1 cm³/mol. The van der Waals surface area contributed by atoms with Crippen LogP contribution >= 0.6 is 0 Å². The van der Waals surface area contributed by atoms with Gasteiger partial charge in [0.2, 0.25) is 5.91 Å². The molecule has 24 heavy (non-hydrogen) atoms. The molecule has 2 atom stereocenters. The fourth-order valence-electron chi connectivity index (χ4n) is 3.03. The molecule has 1 N–H and O–H groups in total. The molecule has 1 amide bonds. The van der Waals surface area contributed by atoms with E-state index in [2.05, 4.69) is 30.1 Å². The van der Waals surface area contributed by atoms with Gasteiger partial charge in [0.15, 0.2) is 0 Å². The Balaban J connectivity index is 1.93. The fourth-order valence-corrected chi connectivity index (χ4v) is 3.03. The molecule has 1 fully saturated rings. The Kier molecular flexibility index (Phi) is 7.21. The number of morpholine rings is 1. The first-order valence-electron chi connectivity index (χ1n) is 8.81. The van der Waals surface area contributed by atoms with E-state index in [-0.39, 0.29) is 24.2 Å². The van der Waals surface area contributed by atoms with E-state index in [4.69, 9.17) is 9.47 Å². The molecule has 0 bridgehead atoms. The van der Waals surface area contributed by atoms with Crippen molar-refractivity contribution in [2.24, 2.45) is 0 Å². The van der Waals surface area contributed by atoms with E-state index in [1.165, 1.54) is 0 Å². The molecular formula is C19H30N2O3. The van der Waals surface area contributed by atoms with Gasteiger partial charge in [0.25, 0.3) is 0 Å². The van der Waals surface area contributed by atoms with E-state index in [1.807, 2.05) is 32.0 Å². The Bertz CT molecular complexity index is 523. The molecule has 1 aliphatic heterocycles. The summed E-state index contributed by atoms with van der Waals surface area (Å²) in [5, 5.41) is 3.02. The van der Waals surface area contributed by atoms with Crippen LogP contribution in [0.15, 0.2) is 24.3 Å². The average Bonchev–Trinajstić information content (AvgIpc) is 2.48. The van der Waals surface area contributed by atoms with E-state index in [0.29, 0.717) is 13.0 Å². The zero-order valence-corrected chi connectivity index (χ0v) is 15.2. The van der Waals surface area contributed by atoms with Crippen LogP contribution in [0.4, 0.5) is 5.69 Å². The number of para-hydroxylation sites is 1. The van der Waals surface area contributed by atoms with Crippen molar-refractivity contribution in [2.75, 3.05) is 25.0 Å². The molecule has 1 aromatic carbocycles. The topological polar surface area (TPSA) is 50.8 Å². The summed E-state index contributed by atoms with van der Waals surface area (Å²) in [6.07, 6.45) is 1.00. The summed E-state index contributed by atoms with van der Waals surface area (Å²) in [5.74, 6) is -0.00758. The monoisotopic (exact) mass is 334 g/mol. The van der Waals surface area contributed by atoms with Crippen molar-refractivity contribution in [3.63, 3.8) is 0 Å². The molecule has 5 heteroatoms. The summed E-state index contributed by atoms with van der Waals surface area (Å²) in [6.45, 7) is 11.2. The van der Waals surface area contributed by atoms with Gasteiger partial charge in [0, 0.05) is 25.3 Å². The van der Waals surface area contributed by atoms with E-state index in [0.717, 1.165) is 30.9 Å². The van der Waals surface area contributed by atoms with E-state index >= 15 is 0 Å². The Morgan fingerprint density at radius 2 is 1.96 bits per heavy atom. The van der Waals surface area contributed by atoms with Gasteiger partial charge in [-0.25, -0.2) is 0 Å². The fraction of sp³-hybridized carbons (Fsp3) is 0.632. The Morgan fingerprint density at radius 3 is 2.62 bits per heavy atom. The van der Waals surface area contributed by atoms with Gasteiger partial charge in [-0.15, -0.1) is 0 Å². The van der Waals surface area contributed by atoms with Crippen LogP contribution in [0.2, 0.25) is 0 Å². The number of benzene rings is 1. The van der Waals surface area contributed by atoms with Gasteiger partial charge in [-0.2, -0.15) is 0 Å². The second-order valence-electron chi connectivity index (χ2n) is 6.83. The average molecular weight is 334 g/mol. The van der Waals surface area contributed by atoms with Crippen molar-refractivity contribution < 1.29 is 14.3 Å². The molecule has 5 nitrogen and oxygen atoms in total. The molecule has 0 saturated carbocycles. The number of anilines is 1. The standard InChI is InChI=1S/C19H30N2O3/c1-14(2)23-10-9-19(22)20-18-8-6-5-7-17(18)13-21-11-15(3)24-16(4)12-21/h5-8,14-16H,9-13H2,1-4H3,(H,20,22). The van der Waals surface area contributed by atoms with Gasteiger partial charge in [-0.1, -0.05) is 18.2 Å². The summed E-state index contributed by atoms with van der Waals surface area (Å²) in [5.41, 5.74) is 2.02. The lowest BCUT2D eigenvalue weighted by atomic mass is 10.1. The molecule has 0 spiro atoms. The van der Waals surface area contributed by atoms with Crippen molar-refractivity contribution in [1.29, 1.82) is 0 Å². The zero-order chi connectivity index (χ0) is 17.5. The number of rotatable bonds is 7. The van der Waals surface area contributed by atoms with Crippen LogP contribution in [0.25, 0.3) is 0 Å². The molecular weight excluding hydrogens is 304 g/mol. The molecule has 1 heterocycles. The third-order valence-electron chi connectivity index (χ3n) is 3.96. The van der Waals surface area contributed by atoms with Crippen molar-refractivity contribution in [3.05, 3.63) is 29.8 Å². The summed E-state index contributed by atoms with van der Waals surface area (Å²) >= 11 is 0. The van der Waals surface area contributed by atoms with Crippen LogP contribution in [0, 0.1) is 0 Å². The summed E-state index contributed by atoms with van der Waals surface area (Å²) in [6, 6.07) is 8.00. The maximum atomic E-state index is 12.1. The third-order valence-corrected chi connectivity index (χ3v) is 3.96. The van der Waals surface area contributed by atoms with Crippen LogP contribution in [-0.2, 0) is 20.8 Å². The number of nitrogens with one attached hydrogen (secondary N) is 1. The van der Waals surface area contributed by atoms with Crippen LogP contribution in [0.1, 0.15) is 39.7 Å². The second-order valence-corrected chi connectivity index (χ2v) is 6.83. The second kappa shape index (κ2) is 9.16. The summed E-state index contributed by atoms with van der Waals surface area (Å²) in [7, 11) is 0. The van der Waals surface area contributed by atoms with Crippen LogP contribution < -0.4 is 5.32 Å². The highest BCUT2D eigenvalue weighted by molar-refractivity contribution is 5.91. The minimum Gasteiger partial charge on any atom is -0.378 e. The molecule has 0 aliphatic carbocycles. The highest BCUT2D eigenvalue weighted by Gasteiger charge is 2.22. The van der Waals surface area contributed by atoms with Crippen molar-refractivity contribution in [1.82, 2.24) is 4.90 Å². The van der Waals surface area contributed by atoms with Crippen LogP contribution in [0.3, 0.4) is 0 Å². The normalized spacial score (nSPS) is 21.9. The molecule has 1 saturated heterocycles. The molecule has 0 aromatic heterocycles. The summed E-state index contributed by atoms with van der Waals surface area (Å²) < 4.78 is 11.2. The largest absolute Gasteiger partial charge is 0.378 e. The number of hydrogen-bond donors (Lipinski definition) is 1. The number of amides is 1. The Morgan fingerprint density at radius 1 is 1.29 bits per heavy atom. The zero-order valence-electron chi connectivity index (χ0n) is 15.2. The third kappa shape index (κ3) is 6.23. The lowest BCUT2D eigenvalue weighted by molar-refractivity contribution is -0.117. The van der Waals surface area contributed by atoms with Gasteiger partial charge in [-0.3, -0.25) is 9.69 Å². The summed E-state index contributed by atoms with van der Waals surface area (Å²) in [4.78, 5) is 14.5. The van der Waals surface area contributed by atoms with Gasteiger partial charge in [-0.05, 0) is 39.3 Å². The molecule has 0 radical (unpaired) electrons. The molecule has 134 valence electrons. The van der Waals surface area contributed by atoms with Gasteiger partial charge < -0.3 is 14.8 Å². The van der Waals surface area contributed by atoms with Crippen molar-refractivity contribution >= 4 is 11.6 Å². The first kappa shape index (κ1) is 18.9. The highest BCUT2D eigenvalue weighted by atomic mass is 16.5. The minimum absolute atomic E-state index is 0.00758. The Hall–Kier alpha value is -1.43. The van der Waals surface area contributed by atoms with Gasteiger partial charge in [0.1, 0.15) is 0 Å². The first-order valence-corrected chi connectivity index (χ1v) is 8.81. The van der Waals surface area contributed by atoms with E-state index < -0.39 is 0 Å². The Labute approximate surface area is 145 Å². The predicted octanol–water partition coefficient (Wildman–Crippen LogP) is 3.05. The smallest absolute Gasteiger partial charge is 0.226 e. The molecule has 1 aliphatic rings. The number of ether oxygens (including phenoxy) is 2. The molecule has 2 unspecified atom stereocenters. The van der Waals surface area contributed by atoms with E-state index in [9.17, 15) is 4.79 Å². The molecule has 1 aromatic rings. The highest BCUT2D eigenvalue weighted by Crippen LogP contribution is 2.20. The van der Waals surface area contributed by atoms with Crippen molar-refractivity contribution in [2.45, 2.75) is 59.0 Å². The first-order chi connectivity index (χ1) is 11.4. The van der Waals surface area contributed by atoms with Gasteiger partial charge in [0.05, 0.1) is 31.3 Å². The maximum Gasteiger partial charge on any atom is 0.226 e. The van der Waals surface area contributed by atoms with Gasteiger partial charge >= 0.3 is 0 Å². The van der Waals surface area contributed by atoms with Crippen LogP contribution in [0.5, 0.6) is 0 Å². The number of nitrogens with zero attached hydrogens (tertiary/aromatic N) is 1. The molecule has 2 rings (SSSR count). The number of carbonyl (C=O) groups excluding carboxylic acids is 1. The van der Waals surface area contributed by atoms with Crippen molar-refractivity contribution in [3.8, 4) is 0 Å².